The molecule has 4 rings (SSSR count). The molecule has 1 fully saturated rings. The molecule has 1 atom stereocenters. The fourth-order valence-electron chi connectivity index (χ4n) is 4.42. The molecule has 35 heavy (non-hydrogen) atoms. The number of aliphatic hydroxyl groups is 1. The monoisotopic (exact) mass is 479 g/mol. The maximum absolute atomic E-state index is 11.2. The molecule has 0 aliphatic carbocycles. The van der Waals surface area contributed by atoms with Gasteiger partial charge >= 0.3 is 0 Å². The average molecular weight is 480 g/mol. The largest absolute Gasteiger partial charge is 0.494 e. The van der Waals surface area contributed by atoms with Crippen molar-refractivity contribution in [2.75, 3.05) is 39.5 Å². The first-order valence-corrected chi connectivity index (χ1v) is 12.5. The Kier molecular flexibility index (Phi) is 8.79. The summed E-state index contributed by atoms with van der Waals surface area (Å²) < 4.78 is 19.8. The summed E-state index contributed by atoms with van der Waals surface area (Å²) in [6, 6.07) is 16.1. The van der Waals surface area contributed by atoms with E-state index in [1.807, 2.05) is 55.7 Å². The zero-order valence-corrected chi connectivity index (χ0v) is 20.9. The molecule has 2 aromatic carbocycles. The van der Waals surface area contributed by atoms with Gasteiger partial charge in [-0.3, -0.25) is 4.90 Å². The van der Waals surface area contributed by atoms with Gasteiger partial charge in [0, 0.05) is 45.0 Å². The lowest BCUT2D eigenvalue weighted by molar-refractivity contribution is -0.0646. The average Bonchev–Trinajstić information content (AvgIpc) is 3.23. The molecule has 7 heteroatoms. The van der Waals surface area contributed by atoms with Crippen LogP contribution in [0.5, 0.6) is 11.5 Å². The van der Waals surface area contributed by atoms with E-state index in [0.717, 1.165) is 54.4 Å². The number of ether oxygens (including phenoxy) is 3. The van der Waals surface area contributed by atoms with Gasteiger partial charge < -0.3 is 23.9 Å². The highest BCUT2D eigenvalue weighted by Crippen LogP contribution is 2.21. The van der Waals surface area contributed by atoms with Gasteiger partial charge in [0.15, 0.2) is 0 Å². The predicted molar refractivity (Wildman–Crippen MR) is 136 cm³/mol. The molecule has 1 aliphatic heterocycles. The van der Waals surface area contributed by atoms with E-state index in [4.69, 9.17) is 14.2 Å². The number of β-amino-alcohol motifs (C(OH)–C–C–N with tert-alkyl or cyclic N) is 1. The maximum atomic E-state index is 11.2. The summed E-state index contributed by atoms with van der Waals surface area (Å²) in [5.41, 5.74) is 1.20. The summed E-state index contributed by atoms with van der Waals surface area (Å²) in [4.78, 5) is 6.59. The lowest BCUT2D eigenvalue weighted by Gasteiger charge is -2.30. The molecular formula is C28H37N3O4. The van der Waals surface area contributed by atoms with Crippen LogP contribution in [-0.2, 0) is 24.2 Å². The van der Waals surface area contributed by atoms with Crippen LogP contribution in [-0.4, -0.2) is 64.7 Å². The Morgan fingerprint density at radius 2 is 1.94 bits per heavy atom. The minimum Gasteiger partial charge on any atom is -0.494 e. The molecular weight excluding hydrogens is 442 g/mol. The Morgan fingerprint density at radius 3 is 2.77 bits per heavy atom. The molecule has 188 valence electrons. The maximum Gasteiger partial charge on any atom is 0.134 e. The third kappa shape index (κ3) is 7.56. The molecule has 0 spiro atoms. The van der Waals surface area contributed by atoms with Crippen LogP contribution in [0.15, 0.2) is 60.9 Å². The quantitative estimate of drug-likeness (QED) is 0.421. The Morgan fingerprint density at radius 1 is 1.11 bits per heavy atom. The van der Waals surface area contributed by atoms with Gasteiger partial charge in [-0.25, -0.2) is 4.98 Å². The summed E-state index contributed by atoms with van der Waals surface area (Å²) >= 11 is 0. The van der Waals surface area contributed by atoms with Crippen molar-refractivity contribution in [2.24, 2.45) is 0 Å². The number of aromatic nitrogens is 2. The standard InChI is InChI=1S/C28H37N3O4/c1-3-27-29-11-13-31(27)12-6-15-34-26-10-5-8-24(18-26)19-30-14-16-33-21-28(32,20-30)22-35-25-9-4-7-23(2)17-25/h4-5,7-11,13,17-18,32H,3,6,12,14-16,19-22H2,1-2H3/t28-/m0/s1. The highest BCUT2D eigenvalue weighted by atomic mass is 16.5. The van der Waals surface area contributed by atoms with Crippen molar-refractivity contribution >= 4 is 0 Å². The second-order valence-electron chi connectivity index (χ2n) is 9.33. The molecule has 0 bridgehead atoms. The molecule has 7 nitrogen and oxygen atoms in total. The molecule has 1 saturated heterocycles. The van der Waals surface area contributed by atoms with E-state index in [0.29, 0.717) is 26.3 Å². The fourth-order valence-corrected chi connectivity index (χ4v) is 4.42. The minimum atomic E-state index is -1.07. The molecule has 0 unspecified atom stereocenters. The topological polar surface area (TPSA) is 69.0 Å². The Balaban J connectivity index is 1.28. The number of hydrogen-bond donors (Lipinski definition) is 1. The molecule has 1 N–H and O–H groups in total. The highest BCUT2D eigenvalue weighted by molar-refractivity contribution is 5.29. The van der Waals surface area contributed by atoms with E-state index in [-0.39, 0.29) is 13.2 Å². The molecule has 3 aromatic rings. The summed E-state index contributed by atoms with van der Waals surface area (Å²) in [6.07, 6.45) is 5.74. The fraction of sp³-hybridized carbons (Fsp3) is 0.464. The van der Waals surface area contributed by atoms with Gasteiger partial charge in [-0.1, -0.05) is 31.2 Å². The van der Waals surface area contributed by atoms with Crippen molar-refractivity contribution in [1.29, 1.82) is 0 Å². The molecule has 1 aliphatic rings. The third-order valence-corrected chi connectivity index (χ3v) is 6.17. The number of aryl methyl sites for hydroxylation is 3. The first-order chi connectivity index (χ1) is 17.0. The molecule has 0 amide bonds. The number of benzene rings is 2. The van der Waals surface area contributed by atoms with Crippen LogP contribution < -0.4 is 9.47 Å². The molecule has 0 radical (unpaired) electrons. The second-order valence-corrected chi connectivity index (χ2v) is 9.33. The summed E-state index contributed by atoms with van der Waals surface area (Å²) in [7, 11) is 0. The smallest absolute Gasteiger partial charge is 0.134 e. The third-order valence-electron chi connectivity index (χ3n) is 6.17. The van der Waals surface area contributed by atoms with E-state index in [9.17, 15) is 5.11 Å². The van der Waals surface area contributed by atoms with Gasteiger partial charge in [-0.05, 0) is 48.7 Å². The number of nitrogens with zero attached hydrogens (tertiary/aromatic N) is 3. The van der Waals surface area contributed by atoms with Gasteiger partial charge in [0.1, 0.15) is 29.5 Å². The normalized spacial score (nSPS) is 18.8. The first-order valence-electron chi connectivity index (χ1n) is 12.5. The van der Waals surface area contributed by atoms with Gasteiger partial charge in [-0.15, -0.1) is 0 Å². The van der Waals surface area contributed by atoms with E-state index < -0.39 is 5.60 Å². The van der Waals surface area contributed by atoms with Crippen LogP contribution >= 0.6 is 0 Å². The minimum absolute atomic E-state index is 0.187. The second kappa shape index (κ2) is 12.2. The Labute approximate surface area is 208 Å². The molecule has 1 aromatic heterocycles. The van der Waals surface area contributed by atoms with Crippen molar-refractivity contribution in [2.45, 2.75) is 45.4 Å². The summed E-state index contributed by atoms with van der Waals surface area (Å²) in [5.74, 6) is 2.74. The Bertz CT molecular complexity index is 1070. The van der Waals surface area contributed by atoms with Crippen LogP contribution in [0.2, 0.25) is 0 Å². The van der Waals surface area contributed by atoms with Crippen molar-refractivity contribution in [3.63, 3.8) is 0 Å². The van der Waals surface area contributed by atoms with Crippen LogP contribution in [0.1, 0.15) is 30.3 Å². The van der Waals surface area contributed by atoms with Crippen molar-refractivity contribution < 1.29 is 19.3 Å². The molecule has 0 saturated carbocycles. The number of rotatable bonds is 11. The van der Waals surface area contributed by atoms with E-state index >= 15 is 0 Å². The molecule has 2 heterocycles. The van der Waals surface area contributed by atoms with Crippen LogP contribution in [0.25, 0.3) is 0 Å². The van der Waals surface area contributed by atoms with E-state index in [2.05, 4.69) is 33.5 Å². The highest BCUT2D eigenvalue weighted by Gasteiger charge is 2.33. The number of hydrogen-bond acceptors (Lipinski definition) is 6. The summed E-state index contributed by atoms with van der Waals surface area (Å²) in [5, 5.41) is 11.2. The van der Waals surface area contributed by atoms with Crippen molar-refractivity contribution in [1.82, 2.24) is 14.5 Å². The first kappa shape index (κ1) is 25.2. The lowest BCUT2D eigenvalue weighted by Crippen LogP contribution is -2.48. The Hall–Kier alpha value is -2.87. The predicted octanol–water partition coefficient (Wildman–Crippen LogP) is 3.87. The number of imidazole rings is 1. The van der Waals surface area contributed by atoms with Gasteiger partial charge in [-0.2, -0.15) is 0 Å². The zero-order chi connectivity index (χ0) is 24.5. The zero-order valence-electron chi connectivity index (χ0n) is 20.9. The SMILES string of the molecule is CCc1nccn1CCCOc1cccc(CN2CCOC[C@](O)(COc3cccc(C)c3)C2)c1. The van der Waals surface area contributed by atoms with Crippen LogP contribution in [0.3, 0.4) is 0 Å². The van der Waals surface area contributed by atoms with E-state index in [1.54, 1.807) is 0 Å². The van der Waals surface area contributed by atoms with Gasteiger partial charge in [0.25, 0.3) is 0 Å². The van der Waals surface area contributed by atoms with E-state index in [1.165, 1.54) is 0 Å². The summed E-state index contributed by atoms with van der Waals surface area (Å²) in [6.45, 7) is 8.67. The van der Waals surface area contributed by atoms with Crippen LogP contribution in [0, 0.1) is 6.92 Å². The van der Waals surface area contributed by atoms with Gasteiger partial charge in [0.2, 0.25) is 0 Å². The lowest BCUT2D eigenvalue weighted by atomic mass is 10.1. The van der Waals surface area contributed by atoms with Crippen molar-refractivity contribution in [3.05, 3.63) is 77.9 Å². The van der Waals surface area contributed by atoms with Crippen molar-refractivity contribution in [3.8, 4) is 11.5 Å². The van der Waals surface area contributed by atoms with Gasteiger partial charge in [0.05, 0.1) is 19.8 Å². The van der Waals surface area contributed by atoms with Crippen LogP contribution in [0.4, 0.5) is 0 Å².